The van der Waals surface area contributed by atoms with Crippen molar-refractivity contribution in [3.05, 3.63) is 18.5 Å². The number of anilines is 1. The fourth-order valence-corrected chi connectivity index (χ4v) is 4.17. The molecule has 0 saturated carbocycles. The van der Waals surface area contributed by atoms with Gasteiger partial charge in [-0.05, 0) is 58.1 Å². The molecule has 0 unspecified atom stereocenters. The molecule has 0 spiro atoms. The third-order valence-electron chi connectivity index (χ3n) is 5.77. The minimum Gasteiger partial charge on any atom is -0.444 e. The van der Waals surface area contributed by atoms with Crippen molar-refractivity contribution in [1.29, 1.82) is 0 Å². The average Bonchev–Trinajstić information content (AvgIpc) is 3.35. The maximum absolute atomic E-state index is 12.6. The molecule has 2 aliphatic rings. The zero-order valence-corrected chi connectivity index (χ0v) is 18.5. The molecule has 0 bridgehead atoms. The molecule has 4 heterocycles. The van der Waals surface area contributed by atoms with Crippen molar-refractivity contribution in [3.63, 3.8) is 0 Å². The quantitative estimate of drug-likeness (QED) is 0.791. The van der Waals surface area contributed by atoms with E-state index in [1.54, 1.807) is 15.7 Å². The van der Waals surface area contributed by atoms with Crippen LogP contribution >= 0.6 is 0 Å². The summed E-state index contributed by atoms with van der Waals surface area (Å²) in [6.45, 7) is 8.48. The Bertz CT molecular complexity index is 930. The van der Waals surface area contributed by atoms with Gasteiger partial charge in [-0.1, -0.05) is 0 Å². The van der Waals surface area contributed by atoms with Gasteiger partial charge >= 0.3 is 6.09 Å². The number of carbonyl (C=O) groups excluding carboxylic acids is 2. The van der Waals surface area contributed by atoms with E-state index in [2.05, 4.69) is 25.5 Å². The van der Waals surface area contributed by atoms with E-state index in [0.29, 0.717) is 31.1 Å². The second-order valence-electron chi connectivity index (χ2n) is 9.44. The van der Waals surface area contributed by atoms with Crippen LogP contribution in [0.3, 0.4) is 0 Å². The standard InChI is InChI=1S/C21H31N7O3/c1-21(2,3)31-20(30)26-9-6-15(7-10-26)12-19(29)23-16-8-11-27(13-16)18-5-4-17-24-22-14-28(17)25-18/h4-5,14-16H,6-13H2,1-3H3,(H,23,29)/t16-/m0/s1. The largest absolute Gasteiger partial charge is 0.444 e. The van der Waals surface area contributed by atoms with Gasteiger partial charge in [-0.25, -0.2) is 4.79 Å². The van der Waals surface area contributed by atoms with Gasteiger partial charge in [0.2, 0.25) is 5.91 Å². The number of rotatable bonds is 4. The van der Waals surface area contributed by atoms with Crippen LogP contribution in [0.5, 0.6) is 0 Å². The summed E-state index contributed by atoms with van der Waals surface area (Å²) in [5, 5.41) is 15.5. The predicted octanol–water partition coefficient (Wildman–Crippen LogP) is 1.86. The van der Waals surface area contributed by atoms with Gasteiger partial charge in [0.15, 0.2) is 5.65 Å². The molecule has 1 N–H and O–H groups in total. The second-order valence-corrected chi connectivity index (χ2v) is 9.44. The van der Waals surface area contributed by atoms with Gasteiger partial charge < -0.3 is 19.9 Å². The maximum Gasteiger partial charge on any atom is 0.410 e. The van der Waals surface area contributed by atoms with Crippen LogP contribution in [0.15, 0.2) is 18.5 Å². The van der Waals surface area contributed by atoms with E-state index in [4.69, 9.17) is 4.74 Å². The number of nitrogens with zero attached hydrogens (tertiary/aromatic N) is 6. The summed E-state index contributed by atoms with van der Waals surface area (Å²) in [4.78, 5) is 28.7. The molecule has 2 aliphatic heterocycles. The lowest BCUT2D eigenvalue weighted by Crippen LogP contribution is -2.43. The molecule has 168 valence electrons. The zero-order chi connectivity index (χ0) is 22.0. The van der Waals surface area contributed by atoms with Crippen LogP contribution < -0.4 is 10.2 Å². The SMILES string of the molecule is CC(C)(C)OC(=O)N1CCC(CC(=O)N[C@H]2CCN(c3ccc4nncn4n3)C2)CC1. The Balaban J connectivity index is 1.20. The van der Waals surface area contributed by atoms with Gasteiger partial charge in [-0.2, -0.15) is 4.52 Å². The van der Waals surface area contributed by atoms with Crippen LogP contribution in [0.25, 0.3) is 5.65 Å². The van der Waals surface area contributed by atoms with Crippen molar-refractivity contribution in [2.75, 3.05) is 31.1 Å². The minimum atomic E-state index is -0.486. The van der Waals surface area contributed by atoms with Crippen LogP contribution in [0.1, 0.15) is 46.5 Å². The van der Waals surface area contributed by atoms with Gasteiger partial charge in [0.25, 0.3) is 0 Å². The van der Waals surface area contributed by atoms with Crippen molar-refractivity contribution >= 4 is 23.5 Å². The molecule has 2 aromatic rings. The van der Waals surface area contributed by atoms with Crippen LogP contribution in [-0.4, -0.2) is 74.5 Å². The van der Waals surface area contributed by atoms with E-state index < -0.39 is 5.60 Å². The Morgan fingerprint density at radius 3 is 2.68 bits per heavy atom. The normalized spacial score (nSPS) is 20.3. The number of fused-ring (bicyclic) bond motifs is 1. The smallest absolute Gasteiger partial charge is 0.410 e. The van der Waals surface area contributed by atoms with Gasteiger partial charge in [0.05, 0.1) is 0 Å². The summed E-state index contributed by atoms with van der Waals surface area (Å²) in [5.74, 6) is 1.25. The Morgan fingerprint density at radius 1 is 1.16 bits per heavy atom. The van der Waals surface area contributed by atoms with Gasteiger partial charge in [-0.15, -0.1) is 15.3 Å². The molecular weight excluding hydrogens is 398 g/mol. The Hall–Kier alpha value is -2.91. The summed E-state index contributed by atoms with van der Waals surface area (Å²) in [6.07, 6.45) is 4.37. The summed E-state index contributed by atoms with van der Waals surface area (Å²) < 4.78 is 7.09. The van der Waals surface area contributed by atoms with E-state index in [0.717, 1.165) is 38.2 Å². The van der Waals surface area contributed by atoms with Gasteiger partial charge in [-0.3, -0.25) is 4.79 Å². The van der Waals surface area contributed by atoms with Crippen LogP contribution in [0.4, 0.5) is 10.6 Å². The molecule has 4 rings (SSSR count). The molecule has 0 radical (unpaired) electrons. The van der Waals surface area contributed by atoms with Gasteiger partial charge in [0.1, 0.15) is 17.7 Å². The Labute approximate surface area is 181 Å². The summed E-state index contributed by atoms with van der Waals surface area (Å²) in [6, 6.07) is 3.95. The zero-order valence-electron chi connectivity index (χ0n) is 18.5. The number of ether oxygens (including phenoxy) is 1. The first-order valence-electron chi connectivity index (χ1n) is 11.0. The molecule has 2 fully saturated rings. The van der Waals surface area contributed by atoms with Crippen LogP contribution in [-0.2, 0) is 9.53 Å². The number of piperidine rings is 1. The average molecular weight is 430 g/mol. The minimum absolute atomic E-state index is 0.0878. The van der Waals surface area contributed by atoms with E-state index in [-0.39, 0.29) is 18.0 Å². The topological polar surface area (TPSA) is 105 Å². The predicted molar refractivity (Wildman–Crippen MR) is 115 cm³/mol. The first kappa shape index (κ1) is 21.3. The van der Waals surface area contributed by atoms with Gasteiger partial charge in [0, 0.05) is 38.6 Å². The molecule has 10 heteroatoms. The number of amides is 2. The van der Waals surface area contributed by atoms with Crippen molar-refractivity contribution in [2.24, 2.45) is 5.92 Å². The summed E-state index contributed by atoms with van der Waals surface area (Å²) >= 11 is 0. The number of hydrogen-bond donors (Lipinski definition) is 1. The highest BCUT2D eigenvalue weighted by molar-refractivity contribution is 5.76. The van der Waals surface area contributed by atoms with E-state index in [9.17, 15) is 9.59 Å². The first-order valence-corrected chi connectivity index (χ1v) is 11.0. The molecule has 2 saturated heterocycles. The number of hydrogen-bond acceptors (Lipinski definition) is 7. The van der Waals surface area contributed by atoms with Crippen molar-refractivity contribution in [3.8, 4) is 0 Å². The molecule has 1 atom stereocenters. The van der Waals surface area contributed by atoms with Crippen LogP contribution in [0, 0.1) is 5.92 Å². The van der Waals surface area contributed by atoms with E-state index >= 15 is 0 Å². The molecule has 2 amide bonds. The third-order valence-corrected chi connectivity index (χ3v) is 5.77. The first-order chi connectivity index (χ1) is 14.8. The monoisotopic (exact) mass is 429 g/mol. The molecule has 0 aromatic carbocycles. The van der Waals surface area contributed by atoms with E-state index in [1.165, 1.54) is 0 Å². The van der Waals surface area contributed by atoms with E-state index in [1.807, 2.05) is 32.9 Å². The molecule has 10 nitrogen and oxygen atoms in total. The molecule has 2 aromatic heterocycles. The Kier molecular flexibility index (Phi) is 5.97. The number of likely N-dealkylation sites (tertiary alicyclic amines) is 1. The molecule has 31 heavy (non-hydrogen) atoms. The molecule has 0 aliphatic carbocycles. The highest BCUT2D eigenvalue weighted by Crippen LogP contribution is 2.23. The lowest BCUT2D eigenvalue weighted by atomic mass is 9.93. The number of carbonyl (C=O) groups is 2. The third kappa shape index (κ3) is 5.42. The summed E-state index contributed by atoms with van der Waals surface area (Å²) in [7, 11) is 0. The lowest BCUT2D eigenvalue weighted by molar-refractivity contribution is -0.122. The lowest BCUT2D eigenvalue weighted by Gasteiger charge is -2.33. The highest BCUT2D eigenvalue weighted by Gasteiger charge is 2.29. The van der Waals surface area contributed by atoms with Crippen molar-refractivity contribution < 1.29 is 14.3 Å². The van der Waals surface area contributed by atoms with Crippen molar-refractivity contribution in [2.45, 2.75) is 58.1 Å². The maximum atomic E-state index is 12.6. The fraction of sp³-hybridized carbons (Fsp3) is 0.667. The fourth-order valence-electron chi connectivity index (χ4n) is 4.17. The Morgan fingerprint density at radius 2 is 1.94 bits per heavy atom. The van der Waals surface area contributed by atoms with Crippen molar-refractivity contribution in [1.82, 2.24) is 30.0 Å². The second kappa shape index (κ2) is 8.68. The number of nitrogens with one attached hydrogen (secondary N) is 1. The summed E-state index contributed by atoms with van der Waals surface area (Å²) in [5.41, 5.74) is 0.227. The highest BCUT2D eigenvalue weighted by atomic mass is 16.6. The molecular formula is C21H31N7O3. The number of aromatic nitrogens is 4. The van der Waals surface area contributed by atoms with Crippen LogP contribution in [0.2, 0.25) is 0 Å².